The van der Waals surface area contributed by atoms with E-state index in [4.69, 9.17) is 0 Å². The van der Waals surface area contributed by atoms with Crippen molar-refractivity contribution >= 4 is 32.9 Å². The van der Waals surface area contributed by atoms with Crippen LogP contribution in [0, 0.1) is 6.92 Å². The number of halogens is 1. The van der Waals surface area contributed by atoms with Crippen molar-refractivity contribution < 1.29 is 0 Å². The van der Waals surface area contributed by atoms with Gasteiger partial charge in [-0.05, 0) is 18.6 Å². The zero-order valence-corrected chi connectivity index (χ0v) is 9.51. The van der Waals surface area contributed by atoms with Crippen LogP contribution in [-0.4, -0.2) is 15.5 Å². The van der Waals surface area contributed by atoms with Crippen molar-refractivity contribution in [3.05, 3.63) is 35.5 Å². The minimum Gasteiger partial charge on any atom is -0.282 e. The van der Waals surface area contributed by atoms with Crippen LogP contribution in [0.5, 0.6) is 0 Å². The number of hydrogen-bond donors (Lipinski definition) is 1. The number of aryl methyl sites for hydroxylation is 1. The first-order chi connectivity index (χ1) is 6.81. The highest BCUT2D eigenvalue weighted by molar-refractivity contribution is 9.09. The molecule has 2 rings (SSSR count). The first-order valence-corrected chi connectivity index (χ1v) is 5.60. The van der Waals surface area contributed by atoms with Gasteiger partial charge in [0, 0.05) is 16.4 Å². The summed E-state index contributed by atoms with van der Waals surface area (Å²) in [5.74, 6) is 0. The maximum atomic E-state index is 4.22. The summed E-state index contributed by atoms with van der Waals surface area (Å²) < 4.78 is 0. The molecular weight excluding hydrogens is 240 g/mol. The number of nitrogens with one attached hydrogen (secondary N) is 1. The van der Waals surface area contributed by atoms with Gasteiger partial charge in [0.15, 0.2) is 0 Å². The number of fused-ring (bicyclic) bond motifs is 1. The lowest BCUT2D eigenvalue weighted by molar-refractivity contribution is 1.07. The molecule has 0 saturated heterocycles. The van der Waals surface area contributed by atoms with Crippen LogP contribution in [0.25, 0.3) is 17.0 Å². The van der Waals surface area contributed by atoms with E-state index in [1.165, 1.54) is 10.9 Å². The summed E-state index contributed by atoms with van der Waals surface area (Å²) in [6.07, 6.45) is 4.15. The lowest BCUT2D eigenvalue weighted by Gasteiger charge is -1.93. The van der Waals surface area contributed by atoms with Gasteiger partial charge in [0.05, 0.1) is 5.52 Å². The quantitative estimate of drug-likeness (QED) is 0.815. The average Bonchev–Trinajstić information content (AvgIpc) is 2.57. The first kappa shape index (κ1) is 9.46. The van der Waals surface area contributed by atoms with Crippen LogP contribution < -0.4 is 0 Å². The molecule has 0 spiro atoms. The Labute approximate surface area is 91.1 Å². The molecule has 1 aromatic heterocycles. The highest BCUT2D eigenvalue weighted by atomic mass is 79.9. The van der Waals surface area contributed by atoms with Gasteiger partial charge in [0.2, 0.25) is 0 Å². The second-order valence-electron chi connectivity index (χ2n) is 3.18. The lowest BCUT2D eigenvalue weighted by atomic mass is 10.1. The van der Waals surface area contributed by atoms with Gasteiger partial charge in [0.25, 0.3) is 0 Å². The van der Waals surface area contributed by atoms with Crippen molar-refractivity contribution in [2.24, 2.45) is 0 Å². The molecule has 0 radical (unpaired) electrons. The molecule has 3 heteroatoms. The van der Waals surface area contributed by atoms with Crippen LogP contribution >= 0.6 is 15.9 Å². The molecule has 0 atom stereocenters. The Morgan fingerprint density at radius 3 is 3.14 bits per heavy atom. The van der Waals surface area contributed by atoms with Crippen LogP contribution in [0.15, 0.2) is 24.3 Å². The van der Waals surface area contributed by atoms with Crippen LogP contribution in [0.4, 0.5) is 0 Å². The summed E-state index contributed by atoms with van der Waals surface area (Å²) in [4.78, 5) is 0. The molecule has 1 N–H and O–H groups in total. The molecule has 0 unspecified atom stereocenters. The fourth-order valence-corrected chi connectivity index (χ4v) is 1.63. The third-order valence-corrected chi connectivity index (χ3v) is 2.54. The smallest absolute Gasteiger partial charge is 0.0929 e. The molecule has 72 valence electrons. The maximum absolute atomic E-state index is 4.22. The number of rotatable bonds is 2. The predicted molar refractivity (Wildman–Crippen MR) is 63.7 cm³/mol. The number of alkyl halides is 1. The summed E-state index contributed by atoms with van der Waals surface area (Å²) in [6, 6.07) is 6.28. The average molecular weight is 251 g/mol. The Bertz CT molecular complexity index is 471. The van der Waals surface area contributed by atoms with E-state index in [1.807, 2.05) is 6.92 Å². The van der Waals surface area contributed by atoms with E-state index < -0.39 is 0 Å². The lowest BCUT2D eigenvalue weighted by Crippen LogP contribution is -1.74. The summed E-state index contributed by atoms with van der Waals surface area (Å²) in [7, 11) is 0. The standard InChI is InChI=1S/C11H11BrN2/c1-8-10-5-4-9(3-2-6-12)7-11(10)14-13-8/h2-5,7H,6H2,1H3,(H,13,14). The van der Waals surface area contributed by atoms with Gasteiger partial charge in [-0.3, -0.25) is 5.10 Å². The number of H-pyrrole nitrogens is 1. The van der Waals surface area contributed by atoms with E-state index in [0.29, 0.717) is 0 Å². The topological polar surface area (TPSA) is 28.7 Å². The molecule has 0 amide bonds. The van der Waals surface area contributed by atoms with Gasteiger partial charge in [0.1, 0.15) is 0 Å². The highest BCUT2D eigenvalue weighted by Gasteiger charge is 1.99. The molecular formula is C11H11BrN2. The number of allylic oxidation sites excluding steroid dienone is 1. The highest BCUT2D eigenvalue weighted by Crippen LogP contribution is 2.17. The maximum Gasteiger partial charge on any atom is 0.0929 e. The Balaban J connectivity index is 2.47. The molecule has 0 saturated carbocycles. The minimum absolute atomic E-state index is 0.880. The normalized spacial score (nSPS) is 11.6. The van der Waals surface area contributed by atoms with Crippen molar-refractivity contribution in [3.63, 3.8) is 0 Å². The fraction of sp³-hybridized carbons (Fsp3) is 0.182. The van der Waals surface area contributed by atoms with Gasteiger partial charge in [-0.25, -0.2) is 0 Å². The van der Waals surface area contributed by atoms with Gasteiger partial charge in [-0.1, -0.05) is 40.2 Å². The van der Waals surface area contributed by atoms with Crippen molar-refractivity contribution in [1.82, 2.24) is 10.2 Å². The second kappa shape index (κ2) is 3.96. The van der Waals surface area contributed by atoms with Crippen LogP contribution in [-0.2, 0) is 0 Å². The third kappa shape index (κ3) is 1.73. The van der Waals surface area contributed by atoms with Gasteiger partial charge < -0.3 is 0 Å². The predicted octanol–water partition coefficient (Wildman–Crippen LogP) is 3.28. The van der Waals surface area contributed by atoms with Crippen molar-refractivity contribution in [2.75, 3.05) is 5.33 Å². The van der Waals surface area contributed by atoms with E-state index >= 15 is 0 Å². The number of aromatic nitrogens is 2. The number of hydrogen-bond acceptors (Lipinski definition) is 1. The van der Waals surface area contributed by atoms with E-state index in [9.17, 15) is 0 Å². The molecule has 2 nitrogen and oxygen atoms in total. The summed E-state index contributed by atoms with van der Waals surface area (Å²) in [6.45, 7) is 2.03. The van der Waals surface area contributed by atoms with Crippen LogP contribution in [0.1, 0.15) is 11.3 Å². The molecule has 0 fully saturated rings. The fourth-order valence-electron chi connectivity index (χ4n) is 1.45. The van der Waals surface area contributed by atoms with Crippen LogP contribution in [0.2, 0.25) is 0 Å². The van der Waals surface area contributed by atoms with E-state index in [2.05, 4.69) is 56.5 Å². The molecule has 0 aliphatic heterocycles. The zero-order chi connectivity index (χ0) is 9.97. The molecule has 0 bridgehead atoms. The molecule has 1 heterocycles. The molecule has 14 heavy (non-hydrogen) atoms. The zero-order valence-electron chi connectivity index (χ0n) is 7.92. The Morgan fingerprint density at radius 2 is 2.36 bits per heavy atom. The number of aromatic amines is 1. The summed E-state index contributed by atoms with van der Waals surface area (Å²) in [5, 5.41) is 9.27. The van der Waals surface area contributed by atoms with Crippen molar-refractivity contribution in [1.29, 1.82) is 0 Å². The summed E-state index contributed by atoms with van der Waals surface area (Å²) >= 11 is 3.35. The van der Waals surface area contributed by atoms with E-state index in [-0.39, 0.29) is 0 Å². The molecule has 2 aromatic rings. The second-order valence-corrected chi connectivity index (χ2v) is 3.83. The van der Waals surface area contributed by atoms with E-state index in [0.717, 1.165) is 16.5 Å². The van der Waals surface area contributed by atoms with Crippen molar-refractivity contribution in [3.8, 4) is 0 Å². The number of benzene rings is 1. The Kier molecular flexibility index (Phi) is 2.68. The third-order valence-electron chi connectivity index (χ3n) is 2.17. The van der Waals surface area contributed by atoms with E-state index in [1.54, 1.807) is 0 Å². The number of nitrogens with zero attached hydrogens (tertiary/aromatic N) is 1. The SMILES string of the molecule is Cc1[nH]nc2cc(C=CCBr)ccc12. The van der Waals surface area contributed by atoms with Gasteiger partial charge in [-0.15, -0.1) is 0 Å². The Hall–Kier alpha value is -1.09. The largest absolute Gasteiger partial charge is 0.282 e. The molecule has 0 aliphatic rings. The Morgan fingerprint density at radius 1 is 1.50 bits per heavy atom. The van der Waals surface area contributed by atoms with Crippen molar-refractivity contribution in [2.45, 2.75) is 6.92 Å². The summed E-state index contributed by atoms with van der Waals surface area (Å²) in [5.41, 5.74) is 3.33. The first-order valence-electron chi connectivity index (χ1n) is 4.48. The monoisotopic (exact) mass is 250 g/mol. The van der Waals surface area contributed by atoms with Crippen LogP contribution in [0.3, 0.4) is 0 Å². The minimum atomic E-state index is 0.880. The van der Waals surface area contributed by atoms with Gasteiger partial charge >= 0.3 is 0 Å². The molecule has 1 aromatic carbocycles. The van der Waals surface area contributed by atoms with Gasteiger partial charge in [-0.2, -0.15) is 5.10 Å². The molecule has 0 aliphatic carbocycles.